The Kier molecular flexibility index (Phi) is 7.20. The second-order valence-corrected chi connectivity index (χ2v) is 15.4. The molecule has 2 heterocycles. The van der Waals surface area contributed by atoms with Gasteiger partial charge in [-0.2, -0.15) is 0 Å². The smallest absolute Gasteiger partial charge is 0.160 e. The second kappa shape index (κ2) is 12.5. The van der Waals surface area contributed by atoms with Crippen molar-refractivity contribution in [1.82, 2.24) is 9.97 Å². The Morgan fingerprint density at radius 1 is 0.375 bits per heavy atom. The van der Waals surface area contributed by atoms with E-state index in [1.54, 1.807) is 0 Å². The molecule has 3 heteroatoms. The summed E-state index contributed by atoms with van der Waals surface area (Å²) in [5, 5.41) is 4.50. The zero-order valence-corrected chi connectivity index (χ0v) is 31.1. The van der Waals surface area contributed by atoms with Crippen molar-refractivity contribution >= 4 is 32.7 Å². The summed E-state index contributed by atoms with van der Waals surface area (Å²) in [6.07, 6.45) is 0. The minimum atomic E-state index is -0.0516. The molecule has 0 atom stereocenters. The van der Waals surface area contributed by atoms with Crippen LogP contribution in [-0.4, -0.2) is 9.97 Å². The highest BCUT2D eigenvalue weighted by molar-refractivity contribution is 6.19. The molecule has 2 aromatic heterocycles. The van der Waals surface area contributed by atoms with E-state index in [-0.39, 0.29) is 5.41 Å². The average Bonchev–Trinajstić information content (AvgIpc) is 3.75. The van der Waals surface area contributed by atoms with Crippen molar-refractivity contribution in [2.75, 3.05) is 0 Å². The molecular formula is C53H36N2O. The summed E-state index contributed by atoms with van der Waals surface area (Å²) in [5.41, 5.74) is 16.7. The molecule has 56 heavy (non-hydrogen) atoms. The van der Waals surface area contributed by atoms with Crippen LogP contribution in [0.25, 0.3) is 100.0 Å². The van der Waals surface area contributed by atoms with E-state index in [1.165, 1.54) is 33.4 Å². The molecule has 0 fully saturated rings. The lowest BCUT2D eigenvalue weighted by molar-refractivity contribution is 0.660. The van der Waals surface area contributed by atoms with Crippen molar-refractivity contribution in [2.24, 2.45) is 0 Å². The largest absolute Gasteiger partial charge is 0.455 e. The number of benzene rings is 8. The Labute approximate surface area is 325 Å². The maximum Gasteiger partial charge on any atom is 0.160 e. The van der Waals surface area contributed by atoms with Crippen LogP contribution in [0.5, 0.6) is 0 Å². The zero-order chi connectivity index (χ0) is 37.4. The van der Waals surface area contributed by atoms with Crippen LogP contribution < -0.4 is 0 Å². The van der Waals surface area contributed by atoms with Crippen molar-refractivity contribution in [1.29, 1.82) is 0 Å². The van der Waals surface area contributed by atoms with Crippen LogP contribution in [0.2, 0.25) is 0 Å². The molecule has 8 aromatic carbocycles. The lowest BCUT2D eigenvalue weighted by Gasteiger charge is -2.22. The predicted molar refractivity (Wildman–Crippen MR) is 232 cm³/mol. The van der Waals surface area contributed by atoms with Crippen LogP contribution in [0.1, 0.15) is 25.0 Å². The van der Waals surface area contributed by atoms with Gasteiger partial charge in [0.15, 0.2) is 5.82 Å². The maximum atomic E-state index is 6.76. The zero-order valence-electron chi connectivity index (χ0n) is 31.1. The number of nitrogens with zero attached hydrogens (tertiary/aromatic N) is 2. The molecule has 0 aliphatic heterocycles. The number of rotatable bonds is 5. The van der Waals surface area contributed by atoms with Gasteiger partial charge in [-0.1, -0.05) is 166 Å². The van der Waals surface area contributed by atoms with Crippen LogP contribution in [0.4, 0.5) is 0 Å². The van der Waals surface area contributed by atoms with E-state index in [9.17, 15) is 0 Å². The first-order chi connectivity index (χ1) is 27.5. The van der Waals surface area contributed by atoms with Crippen molar-refractivity contribution in [3.8, 4) is 67.3 Å². The fourth-order valence-electron chi connectivity index (χ4n) is 8.79. The Balaban J connectivity index is 0.995. The molecular weight excluding hydrogens is 681 g/mol. The molecule has 10 aromatic rings. The lowest BCUT2D eigenvalue weighted by atomic mass is 9.81. The normalized spacial score (nSPS) is 13.0. The Bertz CT molecular complexity index is 3080. The quantitative estimate of drug-likeness (QED) is 0.178. The van der Waals surface area contributed by atoms with E-state index >= 15 is 0 Å². The van der Waals surface area contributed by atoms with Crippen molar-refractivity contribution in [3.05, 3.63) is 193 Å². The molecule has 0 unspecified atom stereocenters. The molecule has 0 spiro atoms. The molecule has 1 aliphatic rings. The second-order valence-electron chi connectivity index (χ2n) is 15.4. The highest BCUT2D eigenvalue weighted by Gasteiger charge is 2.35. The summed E-state index contributed by atoms with van der Waals surface area (Å²) in [5.74, 6) is 0.711. The topological polar surface area (TPSA) is 38.9 Å². The fourth-order valence-corrected chi connectivity index (χ4v) is 8.79. The van der Waals surface area contributed by atoms with Crippen molar-refractivity contribution in [3.63, 3.8) is 0 Å². The number of aromatic nitrogens is 2. The van der Waals surface area contributed by atoms with Gasteiger partial charge in [-0.05, 0) is 80.2 Å². The predicted octanol–water partition coefficient (Wildman–Crippen LogP) is 14.2. The molecule has 264 valence electrons. The third-order valence-corrected chi connectivity index (χ3v) is 11.7. The first kappa shape index (κ1) is 32.3. The molecule has 0 bridgehead atoms. The van der Waals surface area contributed by atoms with Gasteiger partial charge in [-0.25, -0.2) is 9.97 Å². The maximum absolute atomic E-state index is 6.76. The molecule has 1 aliphatic carbocycles. The fraction of sp³-hybridized carbons (Fsp3) is 0.0566. The summed E-state index contributed by atoms with van der Waals surface area (Å²) < 4.78 is 6.76. The molecule has 0 radical (unpaired) electrons. The molecule has 3 nitrogen and oxygen atoms in total. The van der Waals surface area contributed by atoms with E-state index in [4.69, 9.17) is 14.4 Å². The number of hydrogen-bond donors (Lipinski definition) is 0. The molecule has 0 N–H and O–H groups in total. The van der Waals surface area contributed by atoms with Gasteiger partial charge in [-0.15, -0.1) is 0 Å². The van der Waals surface area contributed by atoms with Gasteiger partial charge < -0.3 is 4.42 Å². The molecule has 0 saturated heterocycles. The molecule has 0 amide bonds. The number of fused-ring (bicyclic) bond motifs is 8. The summed E-state index contributed by atoms with van der Waals surface area (Å²) in [6, 6.07) is 64.7. The van der Waals surface area contributed by atoms with Gasteiger partial charge in [0.25, 0.3) is 0 Å². The van der Waals surface area contributed by atoms with Crippen LogP contribution in [-0.2, 0) is 5.41 Å². The van der Waals surface area contributed by atoms with Crippen LogP contribution in [0, 0.1) is 0 Å². The minimum Gasteiger partial charge on any atom is -0.455 e. The highest BCUT2D eigenvalue weighted by atomic mass is 16.3. The Morgan fingerprint density at radius 2 is 0.946 bits per heavy atom. The van der Waals surface area contributed by atoms with Crippen LogP contribution in [0.15, 0.2) is 186 Å². The van der Waals surface area contributed by atoms with Gasteiger partial charge in [0.2, 0.25) is 0 Å². The third-order valence-electron chi connectivity index (χ3n) is 11.7. The van der Waals surface area contributed by atoms with Crippen LogP contribution >= 0.6 is 0 Å². The average molecular weight is 717 g/mol. The van der Waals surface area contributed by atoms with Crippen LogP contribution in [0.3, 0.4) is 0 Å². The summed E-state index contributed by atoms with van der Waals surface area (Å²) in [7, 11) is 0. The number of furan rings is 1. The SMILES string of the molecule is CC1(C)c2ccccc2-c2ccc(-c3ccc4c(c3)oc3c5ccccc5c(-c5ccc(-c6cc(-c7ccccc7)nc(-c7ccccc7)n6)cc5)cc43)cc21. The van der Waals surface area contributed by atoms with E-state index in [0.717, 1.165) is 71.9 Å². The summed E-state index contributed by atoms with van der Waals surface area (Å²) in [4.78, 5) is 10.0. The van der Waals surface area contributed by atoms with Gasteiger partial charge in [0.1, 0.15) is 11.2 Å². The first-order valence-corrected chi connectivity index (χ1v) is 19.2. The standard InChI is InChI=1S/C53H36N2O/c1-53(2)46-20-12-11-18-40(46)41-27-25-37(29-47(41)53)38-26-28-42-45-31-44(39-17-9-10-19-43(39)51(45)56-50(42)30-38)33-21-23-35(24-22-33)49-32-48(34-13-5-3-6-14-34)54-52(55-49)36-15-7-4-8-16-36/h3-32H,1-2H3. The van der Waals surface area contributed by atoms with E-state index in [0.29, 0.717) is 5.82 Å². The molecule has 0 saturated carbocycles. The minimum absolute atomic E-state index is 0.0516. The first-order valence-electron chi connectivity index (χ1n) is 19.2. The Hall–Kier alpha value is -7.10. The summed E-state index contributed by atoms with van der Waals surface area (Å²) in [6.45, 7) is 4.67. The van der Waals surface area contributed by atoms with Gasteiger partial charge in [-0.3, -0.25) is 0 Å². The third kappa shape index (κ3) is 5.12. The van der Waals surface area contributed by atoms with Gasteiger partial charge >= 0.3 is 0 Å². The van der Waals surface area contributed by atoms with E-state index < -0.39 is 0 Å². The van der Waals surface area contributed by atoms with Gasteiger partial charge in [0, 0.05) is 38.3 Å². The monoisotopic (exact) mass is 716 g/mol. The number of hydrogen-bond acceptors (Lipinski definition) is 3. The van der Waals surface area contributed by atoms with E-state index in [1.807, 2.05) is 36.4 Å². The van der Waals surface area contributed by atoms with Gasteiger partial charge in [0.05, 0.1) is 11.4 Å². The molecule has 11 rings (SSSR count). The summed E-state index contributed by atoms with van der Waals surface area (Å²) >= 11 is 0. The lowest BCUT2D eigenvalue weighted by Crippen LogP contribution is -2.14. The van der Waals surface area contributed by atoms with Crippen molar-refractivity contribution < 1.29 is 4.42 Å². The van der Waals surface area contributed by atoms with E-state index in [2.05, 4.69) is 159 Å². The highest BCUT2D eigenvalue weighted by Crippen LogP contribution is 2.50. The Morgan fingerprint density at radius 3 is 1.71 bits per heavy atom. The van der Waals surface area contributed by atoms with Crippen molar-refractivity contribution in [2.45, 2.75) is 19.3 Å².